The summed E-state index contributed by atoms with van der Waals surface area (Å²) in [4.78, 5) is 0. The zero-order valence-corrected chi connectivity index (χ0v) is 11.5. The van der Waals surface area contributed by atoms with E-state index in [9.17, 15) is 5.11 Å². The van der Waals surface area contributed by atoms with Crippen LogP contribution >= 0.6 is 0 Å². The largest absolute Gasteiger partial charge is 0.387 e. The summed E-state index contributed by atoms with van der Waals surface area (Å²) in [5, 5.41) is 22.2. The number of benzene rings is 1. The van der Waals surface area contributed by atoms with Gasteiger partial charge in [-0.05, 0) is 48.9 Å². The van der Waals surface area contributed by atoms with Gasteiger partial charge in [0.05, 0.1) is 17.7 Å². The van der Waals surface area contributed by atoms with E-state index in [0.29, 0.717) is 12.1 Å². The van der Waals surface area contributed by atoms with E-state index in [4.69, 9.17) is 5.26 Å². The van der Waals surface area contributed by atoms with E-state index >= 15 is 0 Å². The molecule has 3 heteroatoms. The molecule has 102 valence electrons. The van der Waals surface area contributed by atoms with Crippen molar-refractivity contribution in [3.8, 4) is 6.07 Å². The highest BCUT2D eigenvalue weighted by Crippen LogP contribution is 2.29. The maximum atomic E-state index is 10.1. The molecule has 3 atom stereocenters. The van der Waals surface area contributed by atoms with Crippen LogP contribution in [0.5, 0.6) is 0 Å². The lowest BCUT2D eigenvalue weighted by molar-refractivity contribution is 0.172. The molecule has 0 spiro atoms. The molecule has 19 heavy (non-hydrogen) atoms. The predicted molar refractivity (Wildman–Crippen MR) is 75.5 cm³/mol. The molecule has 0 saturated heterocycles. The summed E-state index contributed by atoms with van der Waals surface area (Å²) < 4.78 is 0. The van der Waals surface area contributed by atoms with Gasteiger partial charge in [-0.2, -0.15) is 5.26 Å². The Bertz CT molecular complexity index is 435. The number of nitriles is 1. The molecule has 1 fully saturated rings. The van der Waals surface area contributed by atoms with Crippen LogP contribution in [0.25, 0.3) is 0 Å². The first-order valence-electron chi connectivity index (χ1n) is 7.08. The highest BCUT2D eigenvalue weighted by atomic mass is 16.3. The molecule has 3 unspecified atom stereocenters. The van der Waals surface area contributed by atoms with Crippen LogP contribution in [0.4, 0.5) is 0 Å². The first-order valence-corrected chi connectivity index (χ1v) is 7.08. The fraction of sp³-hybridized carbons (Fsp3) is 0.562. The van der Waals surface area contributed by atoms with Gasteiger partial charge in [0.2, 0.25) is 0 Å². The molecule has 1 aliphatic rings. The lowest BCUT2D eigenvalue weighted by Gasteiger charge is -2.15. The van der Waals surface area contributed by atoms with E-state index < -0.39 is 6.10 Å². The second-order valence-electron chi connectivity index (χ2n) is 5.69. The van der Waals surface area contributed by atoms with Crippen LogP contribution < -0.4 is 5.32 Å². The van der Waals surface area contributed by atoms with Crippen LogP contribution in [-0.4, -0.2) is 18.2 Å². The quantitative estimate of drug-likeness (QED) is 0.853. The number of nitrogens with zero attached hydrogens (tertiary/aromatic N) is 1. The molecule has 1 aromatic rings. The molecule has 0 bridgehead atoms. The minimum atomic E-state index is -0.494. The van der Waals surface area contributed by atoms with Gasteiger partial charge >= 0.3 is 0 Å². The van der Waals surface area contributed by atoms with Crippen LogP contribution in [0.15, 0.2) is 24.3 Å². The molecule has 1 aliphatic carbocycles. The summed E-state index contributed by atoms with van der Waals surface area (Å²) in [6.45, 7) is 3.89. The van der Waals surface area contributed by atoms with Gasteiger partial charge in [-0.1, -0.05) is 25.5 Å². The smallest absolute Gasteiger partial charge is 0.0991 e. The SMILES string of the molecule is CC1CCC(CNCC(O)c2ccc(C#N)cc2)C1. The second kappa shape index (κ2) is 6.70. The number of aliphatic hydroxyl groups excluding tert-OH is 1. The molecule has 1 saturated carbocycles. The zero-order chi connectivity index (χ0) is 13.7. The number of nitrogens with one attached hydrogen (secondary N) is 1. The summed E-state index contributed by atoms with van der Waals surface area (Å²) in [6.07, 6.45) is 3.46. The summed E-state index contributed by atoms with van der Waals surface area (Å²) in [5.41, 5.74) is 1.50. The van der Waals surface area contributed by atoms with Crippen LogP contribution in [0, 0.1) is 23.2 Å². The summed E-state index contributed by atoms with van der Waals surface area (Å²) in [7, 11) is 0. The topological polar surface area (TPSA) is 56.0 Å². The molecular formula is C16H22N2O. The Morgan fingerprint density at radius 3 is 2.68 bits per heavy atom. The lowest BCUT2D eigenvalue weighted by atomic mass is 10.1. The van der Waals surface area contributed by atoms with Crippen molar-refractivity contribution in [3.63, 3.8) is 0 Å². The molecule has 0 aliphatic heterocycles. The normalized spacial score (nSPS) is 24.1. The van der Waals surface area contributed by atoms with E-state index in [1.807, 2.05) is 12.1 Å². The Labute approximate surface area is 115 Å². The molecule has 0 heterocycles. The van der Waals surface area contributed by atoms with Gasteiger partial charge in [0.15, 0.2) is 0 Å². The highest BCUT2D eigenvalue weighted by molar-refractivity contribution is 5.32. The monoisotopic (exact) mass is 258 g/mol. The Hall–Kier alpha value is -1.37. The number of rotatable bonds is 5. The number of aliphatic hydroxyl groups is 1. The lowest BCUT2D eigenvalue weighted by Crippen LogP contribution is -2.26. The van der Waals surface area contributed by atoms with Crippen molar-refractivity contribution >= 4 is 0 Å². The van der Waals surface area contributed by atoms with Crippen molar-refractivity contribution in [2.24, 2.45) is 11.8 Å². The van der Waals surface area contributed by atoms with Crippen LogP contribution in [0.2, 0.25) is 0 Å². The van der Waals surface area contributed by atoms with Gasteiger partial charge in [0.25, 0.3) is 0 Å². The summed E-state index contributed by atoms with van der Waals surface area (Å²) in [6, 6.07) is 9.22. The van der Waals surface area contributed by atoms with Crippen molar-refractivity contribution < 1.29 is 5.11 Å². The Morgan fingerprint density at radius 2 is 2.11 bits per heavy atom. The molecular weight excluding hydrogens is 236 g/mol. The zero-order valence-electron chi connectivity index (χ0n) is 11.5. The Morgan fingerprint density at radius 1 is 1.37 bits per heavy atom. The van der Waals surface area contributed by atoms with Crippen LogP contribution in [0.1, 0.15) is 43.4 Å². The molecule has 0 radical (unpaired) electrons. The van der Waals surface area contributed by atoms with Gasteiger partial charge in [-0.25, -0.2) is 0 Å². The predicted octanol–water partition coefficient (Wildman–Crippen LogP) is 2.62. The van der Waals surface area contributed by atoms with Crippen LogP contribution in [0.3, 0.4) is 0 Å². The Kier molecular flexibility index (Phi) is 4.95. The third-order valence-corrected chi connectivity index (χ3v) is 4.00. The molecule has 1 aromatic carbocycles. The summed E-state index contributed by atoms with van der Waals surface area (Å²) >= 11 is 0. The van der Waals surface area contributed by atoms with Gasteiger partial charge < -0.3 is 10.4 Å². The van der Waals surface area contributed by atoms with Crippen molar-refractivity contribution in [1.82, 2.24) is 5.32 Å². The minimum Gasteiger partial charge on any atom is -0.387 e. The van der Waals surface area contributed by atoms with Gasteiger partial charge in [0.1, 0.15) is 0 Å². The van der Waals surface area contributed by atoms with E-state index in [-0.39, 0.29) is 0 Å². The van der Waals surface area contributed by atoms with Gasteiger partial charge in [0, 0.05) is 6.54 Å². The van der Waals surface area contributed by atoms with Crippen molar-refractivity contribution in [2.75, 3.05) is 13.1 Å². The fourth-order valence-electron chi connectivity index (χ4n) is 2.83. The first kappa shape index (κ1) is 14.0. The molecule has 0 aromatic heterocycles. The van der Waals surface area contributed by atoms with Crippen molar-refractivity contribution in [2.45, 2.75) is 32.3 Å². The molecule has 2 N–H and O–H groups in total. The second-order valence-corrected chi connectivity index (χ2v) is 5.69. The molecule has 0 amide bonds. The summed E-state index contributed by atoms with van der Waals surface area (Å²) in [5.74, 6) is 1.62. The van der Waals surface area contributed by atoms with E-state index in [1.54, 1.807) is 12.1 Å². The van der Waals surface area contributed by atoms with Gasteiger partial charge in [-0.3, -0.25) is 0 Å². The minimum absolute atomic E-state index is 0.494. The maximum absolute atomic E-state index is 10.1. The fourth-order valence-corrected chi connectivity index (χ4v) is 2.83. The average molecular weight is 258 g/mol. The number of hydrogen-bond acceptors (Lipinski definition) is 3. The highest BCUT2D eigenvalue weighted by Gasteiger charge is 2.20. The van der Waals surface area contributed by atoms with Crippen molar-refractivity contribution in [3.05, 3.63) is 35.4 Å². The third-order valence-electron chi connectivity index (χ3n) is 4.00. The Balaban J connectivity index is 1.74. The molecule has 3 nitrogen and oxygen atoms in total. The van der Waals surface area contributed by atoms with E-state index in [2.05, 4.69) is 18.3 Å². The average Bonchev–Trinajstić information content (AvgIpc) is 2.84. The third kappa shape index (κ3) is 4.05. The van der Waals surface area contributed by atoms with E-state index in [0.717, 1.165) is 23.9 Å². The van der Waals surface area contributed by atoms with Crippen molar-refractivity contribution in [1.29, 1.82) is 5.26 Å². The van der Waals surface area contributed by atoms with Gasteiger partial charge in [-0.15, -0.1) is 0 Å². The van der Waals surface area contributed by atoms with Crippen LogP contribution in [-0.2, 0) is 0 Å². The first-order chi connectivity index (χ1) is 9.19. The molecule has 2 rings (SSSR count). The maximum Gasteiger partial charge on any atom is 0.0991 e. The van der Waals surface area contributed by atoms with E-state index in [1.165, 1.54) is 19.3 Å². The standard InChI is InChI=1S/C16H22N2O/c1-12-2-3-14(8-12)10-18-11-16(19)15-6-4-13(9-17)5-7-15/h4-7,12,14,16,18-19H,2-3,8,10-11H2,1H3. The number of hydrogen-bond donors (Lipinski definition) is 2.